The maximum atomic E-state index is 12.2. The average Bonchev–Trinajstić information content (AvgIpc) is 3.32. The minimum atomic E-state index is -0.762. The molecule has 1 aliphatic heterocycles. The second-order valence-corrected chi connectivity index (χ2v) is 7.18. The highest BCUT2D eigenvalue weighted by Crippen LogP contribution is 2.21. The van der Waals surface area contributed by atoms with E-state index >= 15 is 0 Å². The van der Waals surface area contributed by atoms with Crippen molar-refractivity contribution in [1.29, 1.82) is 0 Å². The van der Waals surface area contributed by atoms with Crippen LogP contribution in [0.3, 0.4) is 0 Å². The molecule has 1 fully saturated rings. The molecular weight excluding hydrogens is 390 g/mol. The van der Waals surface area contributed by atoms with Gasteiger partial charge in [0.25, 0.3) is 5.91 Å². The van der Waals surface area contributed by atoms with Crippen LogP contribution in [0.15, 0.2) is 41.0 Å². The molecule has 3 rings (SSSR count). The van der Waals surface area contributed by atoms with E-state index in [9.17, 15) is 19.2 Å². The second-order valence-electron chi connectivity index (χ2n) is 7.18. The molecular formula is C21H23N3O6. The quantitative estimate of drug-likeness (QED) is 0.701. The number of nitrogens with one attached hydrogen (secondary N) is 2. The van der Waals surface area contributed by atoms with E-state index in [4.69, 9.17) is 9.15 Å². The van der Waals surface area contributed by atoms with E-state index in [0.717, 1.165) is 11.1 Å². The first-order valence-corrected chi connectivity index (χ1v) is 9.46. The number of aryl methyl sites for hydroxylation is 2. The van der Waals surface area contributed by atoms with Crippen molar-refractivity contribution in [2.75, 3.05) is 18.5 Å². The van der Waals surface area contributed by atoms with Crippen molar-refractivity contribution in [2.24, 2.45) is 5.92 Å². The number of hydrogen-bond acceptors (Lipinski definition) is 6. The van der Waals surface area contributed by atoms with Crippen molar-refractivity contribution in [3.63, 3.8) is 0 Å². The maximum Gasteiger partial charge on any atom is 0.325 e. The van der Waals surface area contributed by atoms with Crippen LogP contribution in [-0.4, -0.2) is 41.9 Å². The van der Waals surface area contributed by atoms with Gasteiger partial charge in [-0.25, -0.2) is 4.79 Å². The van der Waals surface area contributed by atoms with Crippen LogP contribution in [0.4, 0.5) is 10.5 Å². The molecule has 2 heterocycles. The Morgan fingerprint density at radius 1 is 1.23 bits per heavy atom. The predicted octanol–water partition coefficient (Wildman–Crippen LogP) is 2.14. The van der Waals surface area contributed by atoms with Crippen molar-refractivity contribution in [1.82, 2.24) is 10.2 Å². The molecule has 1 atom stereocenters. The Hall–Kier alpha value is -3.62. The van der Waals surface area contributed by atoms with Crippen molar-refractivity contribution >= 4 is 29.5 Å². The SMILES string of the molecule is Cc1ccc(NC(=O)NC(=O)COC(=O)[C@@H]2CC(=O)N(Cc3ccco3)C2)c(C)c1. The van der Waals surface area contributed by atoms with E-state index < -0.39 is 30.4 Å². The smallest absolute Gasteiger partial charge is 0.325 e. The first-order chi connectivity index (χ1) is 14.3. The number of imide groups is 1. The standard InChI is InChI=1S/C21H23N3O6/c1-13-5-6-17(14(2)8-13)22-21(28)23-18(25)12-30-20(27)15-9-19(26)24(10-15)11-16-4-3-7-29-16/h3-8,15H,9-12H2,1-2H3,(H2,22,23,25,28)/t15-/m1/s1. The lowest BCUT2D eigenvalue weighted by molar-refractivity contribution is -0.152. The highest BCUT2D eigenvalue weighted by molar-refractivity contribution is 6.02. The Labute approximate surface area is 173 Å². The number of nitrogens with zero attached hydrogens (tertiary/aromatic N) is 1. The summed E-state index contributed by atoms with van der Waals surface area (Å²) >= 11 is 0. The number of furan rings is 1. The van der Waals surface area contributed by atoms with Gasteiger partial charge in [-0.1, -0.05) is 17.7 Å². The third-order valence-electron chi connectivity index (χ3n) is 4.70. The first kappa shape index (κ1) is 21.1. The molecule has 158 valence electrons. The normalized spacial score (nSPS) is 15.7. The number of carbonyl (C=O) groups excluding carboxylic acids is 4. The van der Waals surface area contributed by atoms with Crippen LogP contribution in [0.2, 0.25) is 0 Å². The minimum absolute atomic E-state index is 0.00828. The van der Waals surface area contributed by atoms with Gasteiger partial charge in [-0.05, 0) is 37.6 Å². The van der Waals surface area contributed by atoms with Gasteiger partial charge in [-0.2, -0.15) is 0 Å². The molecule has 2 N–H and O–H groups in total. The Kier molecular flexibility index (Phi) is 6.51. The summed E-state index contributed by atoms with van der Waals surface area (Å²) in [5.74, 6) is -1.65. The van der Waals surface area contributed by atoms with Gasteiger partial charge in [-0.3, -0.25) is 19.7 Å². The third kappa shape index (κ3) is 5.47. The van der Waals surface area contributed by atoms with Crippen molar-refractivity contribution in [3.8, 4) is 0 Å². The fourth-order valence-corrected chi connectivity index (χ4v) is 3.20. The van der Waals surface area contributed by atoms with E-state index in [2.05, 4.69) is 10.6 Å². The number of esters is 1. The Bertz CT molecular complexity index is 954. The van der Waals surface area contributed by atoms with Crippen molar-refractivity contribution < 1.29 is 28.3 Å². The summed E-state index contributed by atoms with van der Waals surface area (Å²) in [7, 11) is 0. The molecule has 0 aliphatic carbocycles. The fourth-order valence-electron chi connectivity index (χ4n) is 3.20. The molecule has 1 aliphatic rings. The molecule has 0 spiro atoms. The van der Waals surface area contributed by atoms with Gasteiger partial charge in [0, 0.05) is 18.7 Å². The zero-order valence-corrected chi connectivity index (χ0v) is 16.8. The summed E-state index contributed by atoms with van der Waals surface area (Å²) in [5, 5.41) is 4.68. The predicted molar refractivity (Wildman–Crippen MR) is 106 cm³/mol. The molecule has 0 unspecified atom stereocenters. The van der Waals surface area contributed by atoms with Crippen molar-refractivity contribution in [2.45, 2.75) is 26.8 Å². The Balaban J connectivity index is 1.42. The molecule has 9 heteroatoms. The largest absolute Gasteiger partial charge is 0.467 e. The number of anilines is 1. The molecule has 4 amide bonds. The average molecular weight is 413 g/mol. The zero-order chi connectivity index (χ0) is 21.7. The number of benzene rings is 1. The molecule has 30 heavy (non-hydrogen) atoms. The van der Waals surface area contributed by atoms with Crippen LogP contribution in [0.5, 0.6) is 0 Å². The zero-order valence-electron chi connectivity index (χ0n) is 16.8. The maximum absolute atomic E-state index is 12.2. The molecule has 0 saturated carbocycles. The van der Waals surface area contributed by atoms with Crippen LogP contribution in [0.25, 0.3) is 0 Å². The fraction of sp³-hybridized carbons (Fsp3) is 0.333. The summed E-state index contributed by atoms with van der Waals surface area (Å²) in [5.41, 5.74) is 2.48. The van der Waals surface area contributed by atoms with E-state index in [1.807, 2.05) is 26.0 Å². The van der Waals surface area contributed by atoms with Gasteiger partial charge in [0.1, 0.15) is 5.76 Å². The van der Waals surface area contributed by atoms with E-state index in [-0.39, 0.29) is 25.4 Å². The Morgan fingerprint density at radius 3 is 2.73 bits per heavy atom. The number of ether oxygens (including phenoxy) is 1. The number of hydrogen-bond donors (Lipinski definition) is 2. The number of urea groups is 1. The number of carbonyl (C=O) groups is 4. The van der Waals surface area contributed by atoms with Gasteiger partial charge >= 0.3 is 12.0 Å². The number of amides is 4. The van der Waals surface area contributed by atoms with Gasteiger partial charge in [0.15, 0.2) is 6.61 Å². The molecule has 2 aromatic rings. The summed E-state index contributed by atoms with van der Waals surface area (Å²) in [4.78, 5) is 49.6. The summed E-state index contributed by atoms with van der Waals surface area (Å²) < 4.78 is 10.2. The first-order valence-electron chi connectivity index (χ1n) is 9.46. The lowest BCUT2D eigenvalue weighted by atomic mass is 10.1. The molecule has 0 bridgehead atoms. The van der Waals surface area contributed by atoms with Gasteiger partial charge in [0.2, 0.25) is 5.91 Å². The molecule has 1 aromatic carbocycles. The number of rotatable bonds is 6. The molecule has 1 saturated heterocycles. The molecule has 9 nitrogen and oxygen atoms in total. The van der Waals surface area contributed by atoms with Crippen LogP contribution in [0, 0.1) is 19.8 Å². The van der Waals surface area contributed by atoms with E-state index in [1.165, 1.54) is 11.2 Å². The van der Waals surface area contributed by atoms with Crippen molar-refractivity contribution in [3.05, 3.63) is 53.5 Å². The number of likely N-dealkylation sites (tertiary alicyclic amines) is 1. The monoisotopic (exact) mass is 413 g/mol. The molecule has 0 radical (unpaired) electrons. The third-order valence-corrected chi connectivity index (χ3v) is 4.70. The van der Waals surface area contributed by atoms with Crippen LogP contribution in [-0.2, 0) is 25.7 Å². The van der Waals surface area contributed by atoms with E-state index in [1.54, 1.807) is 18.2 Å². The van der Waals surface area contributed by atoms with E-state index in [0.29, 0.717) is 11.4 Å². The summed E-state index contributed by atoms with van der Waals surface area (Å²) in [6.07, 6.45) is 1.52. The van der Waals surface area contributed by atoms with Gasteiger partial charge in [0.05, 0.1) is 18.7 Å². The van der Waals surface area contributed by atoms with Gasteiger partial charge in [-0.15, -0.1) is 0 Å². The molecule has 1 aromatic heterocycles. The topological polar surface area (TPSA) is 118 Å². The minimum Gasteiger partial charge on any atom is -0.467 e. The van der Waals surface area contributed by atoms with Crippen LogP contribution in [0.1, 0.15) is 23.3 Å². The second kappa shape index (κ2) is 9.25. The lowest BCUT2D eigenvalue weighted by Gasteiger charge is -2.14. The van der Waals surface area contributed by atoms with Crippen LogP contribution >= 0.6 is 0 Å². The summed E-state index contributed by atoms with van der Waals surface area (Å²) in [6.45, 7) is 3.62. The van der Waals surface area contributed by atoms with Gasteiger partial charge < -0.3 is 19.4 Å². The Morgan fingerprint density at radius 2 is 2.03 bits per heavy atom. The summed E-state index contributed by atoms with van der Waals surface area (Å²) in [6, 6.07) is 8.22. The highest BCUT2D eigenvalue weighted by Gasteiger charge is 2.36. The highest BCUT2D eigenvalue weighted by atomic mass is 16.5. The van der Waals surface area contributed by atoms with Crippen LogP contribution < -0.4 is 10.6 Å². The lowest BCUT2D eigenvalue weighted by Crippen LogP contribution is -2.38.